The van der Waals surface area contributed by atoms with Gasteiger partial charge in [-0.05, 0) is 30.2 Å². The van der Waals surface area contributed by atoms with Gasteiger partial charge in [0.2, 0.25) is 5.88 Å². The second-order valence-corrected chi connectivity index (χ2v) is 4.62. The van der Waals surface area contributed by atoms with Gasteiger partial charge in [-0.15, -0.1) is 0 Å². The average molecular weight is 256 g/mol. The van der Waals surface area contributed by atoms with Crippen molar-refractivity contribution in [3.8, 4) is 22.8 Å². The van der Waals surface area contributed by atoms with Gasteiger partial charge in [-0.2, -0.15) is 0 Å². The van der Waals surface area contributed by atoms with Gasteiger partial charge in [0.15, 0.2) is 0 Å². The van der Waals surface area contributed by atoms with E-state index in [9.17, 15) is 0 Å². The molecule has 1 aliphatic heterocycles. The van der Waals surface area contributed by atoms with Gasteiger partial charge in [0.25, 0.3) is 0 Å². The summed E-state index contributed by atoms with van der Waals surface area (Å²) in [6, 6.07) is 9.96. The van der Waals surface area contributed by atoms with E-state index in [2.05, 4.69) is 11.1 Å². The zero-order valence-corrected chi connectivity index (χ0v) is 10.8. The summed E-state index contributed by atoms with van der Waals surface area (Å²) in [5, 5.41) is 0. The van der Waals surface area contributed by atoms with Crippen LogP contribution >= 0.6 is 0 Å². The highest BCUT2D eigenvalue weighted by molar-refractivity contribution is 5.74. The molecule has 0 spiro atoms. The highest BCUT2D eigenvalue weighted by Crippen LogP contribution is 2.37. The minimum Gasteiger partial charge on any atom is -0.492 e. The van der Waals surface area contributed by atoms with E-state index in [1.54, 1.807) is 13.3 Å². The number of hydrogen-bond donors (Lipinski definition) is 1. The lowest BCUT2D eigenvalue weighted by Crippen LogP contribution is -2.34. The van der Waals surface area contributed by atoms with Gasteiger partial charge in [0.1, 0.15) is 12.4 Å². The van der Waals surface area contributed by atoms with Crippen LogP contribution in [-0.2, 0) is 6.42 Å². The van der Waals surface area contributed by atoms with Gasteiger partial charge in [-0.25, -0.2) is 4.98 Å². The first-order valence-corrected chi connectivity index (χ1v) is 6.29. The number of benzene rings is 1. The maximum absolute atomic E-state index is 6.00. The van der Waals surface area contributed by atoms with Gasteiger partial charge in [-0.1, -0.05) is 12.1 Å². The van der Waals surface area contributed by atoms with Crippen LogP contribution in [0.2, 0.25) is 0 Å². The van der Waals surface area contributed by atoms with Crippen LogP contribution in [0.3, 0.4) is 0 Å². The summed E-state index contributed by atoms with van der Waals surface area (Å²) >= 11 is 0. The molecule has 0 bridgehead atoms. The van der Waals surface area contributed by atoms with Crippen molar-refractivity contribution in [2.45, 2.75) is 12.5 Å². The van der Waals surface area contributed by atoms with E-state index in [0.29, 0.717) is 12.5 Å². The molecule has 1 aliphatic rings. The molecule has 19 heavy (non-hydrogen) atoms. The highest BCUT2D eigenvalue weighted by Gasteiger charge is 2.21. The Balaban J connectivity index is 2.15. The van der Waals surface area contributed by atoms with Crippen LogP contribution < -0.4 is 15.2 Å². The summed E-state index contributed by atoms with van der Waals surface area (Å²) in [7, 11) is 1.63. The van der Waals surface area contributed by atoms with Crippen molar-refractivity contribution in [1.82, 2.24) is 4.98 Å². The lowest BCUT2D eigenvalue weighted by molar-refractivity contribution is 0.264. The van der Waals surface area contributed by atoms with Crippen molar-refractivity contribution < 1.29 is 9.47 Å². The zero-order chi connectivity index (χ0) is 13.2. The molecule has 3 rings (SSSR count). The third-order valence-electron chi connectivity index (χ3n) is 3.31. The second kappa shape index (κ2) is 4.90. The van der Waals surface area contributed by atoms with Gasteiger partial charge < -0.3 is 15.2 Å². The van der Waals surface area contributed by atoms with Crippen LogP contribution in [-0.4, -0.2) is 24.7 Å². The fraction of sp³-hybridized carbons (Fsp3) is 0.267. The van der Waals surface area contributed by atoms with Crippen LogP contribution in [0, 0.1) is 0 Å². The number of fused-ring (bicyclic) bond motifs is 1. The Bertz CT molecular complexity index is 598. The van der Waals surface area contributed by atoms with E-state index >= 15 is 0 Å². The molecule has 0 amide bonds. The number of hydrogen-bond acceptors (Lipinski definition) is 4. The van der Waals surface area contributed by atoms with Crippen LogP contribution in [0.1, 0.15) is 5.56 Å². The van der Waals surface area contributed by atoms with Crippen molar-refractivity contribution in [2.24, 2.45) is 5.73 Å². The normalized spacial score (nSPS) is 17.5. The second-order valence-electron chi connectivity index (χ2n) is 4.62. The van der Waals surface area contributed by atoms with E-state index < -0.39 is 0 Å². The Kier molecular flexibility index (Phi) is 3.09. The Morgan fingerprint density at radius 2 is 2.11 bits per heavy atom. The first-order valence-electron chi connectivity index (χ1n) is 6.29. The summed E-state index contributed by atoms with van der Waals surface area (Å²) in [5.41, 5.74) is 9.18. The Labute approximate surface area is 112 Å². The molecule has 1 atom stereocenters. The van der Waals surface area contributed by atoms with Crippen molar-refractivity contribution >= 4 is 0 Å². The van der Waals surface area contributed by atoms with E-state index in [0.717, 1.165) is 28.9 Å². The molecule has 0 saturated carbocycles. The van der Waals surface area contributed by atoms with Crippen molar-refractivity contribution in [1.29, 1.82) is 0 Å². The monoisotopic (exact) mass is 256 g/mol. The molecule has 1 aromatic heterocycles. The first-order chi connectivity index (χ1) is 9.29. The number of nitrogens with zero attached hydrogens (tertiary/aromatic N) is 1. The molecule has 0 saturated heterocycles. The molecule has 0 unspecified atom stereocenters. The summed E-state index contributed by atoms with van der Waals surface area (Å²) in [4.78, 5) is 4.25. The molecule has 2 aromatic rings. The summed E-state index contributed by atoms with van der Waals surface area (Å²) in [6.45, 7) is 0.570. The van der Waals surface area contributed by atoms with Crippen LogP contribution in [0.5, 0.6) is 11.6 Å². The predicted octanol–water partition coefficient (Wildman–Crippen LogP) is 2.02. The van der Waals surface area contributed by atoms with Gasteiger partial charge in [0, 0.05) is 23.4 Å². The number of pyridine rings is 1. The SMILES string of the molecule is COc1ncccc1-c1cccc2c1C[C@H](N)CO2. The van der Waals surface area contributed by atoms with Crippen molar-refractivity contribution in [2.75, 3.05) is 13.7 Å². The molecular weight excluding hydrogens is 240 g/mol. The van der Waals surface area contributed by atoms with E-state index in [1.165, 1.54) is 0 Å². The number of rotatable bonds is 2. The van der Waals surface area contributed by atoms with Crippen molar-refractivity contribution in [3.05, 3.63) is 42.1 Å². The molecule has 98 valence electrons. The predicted molar refractivity (Wildman–Crippen MR) is 73.4 cm³/mol. The number of ether oxygens (including phenoxy) is 2. The maximum atomic E-state index is 6.00. The highest BCUT2D eigenvalue weighted by atomic mass is 16.5. The lowest BCUT2D eigenvalue weighted by Gasteiger charge is -2.25. The molecular formula is C15H16N2O2. The Hall–Kier alpha value is -2.07. The quantitative estimate of drug-likeness (QED) is 0.893. The van der Waals surface area contributed by atoms with E-state index in [4.69, 9.17) is 15.2 Å². The van der Waals surface area contributed by atoms with Crippen molar-refractivity contribution in [3.63, 3.8) is 0 Å². The van der Waals surface area contributed by atoms with Gasteiger partial charge in [0.05, 0.1) is 7.11 Å². The fourth-order valence-electron chi connectivity index (χ4n) is 2.44. The molecule has 0 aliphatic carbocycles. The first kappa shape index (κ1) is 12.0. The molecule has 0 fully saturated rings. The van der Waals surface area contributed by atoms with Gasteiger partial charge >= 0.3 is 0 Å². The molecule has 4 nitrogen and oxygen atoms in total. The molecule has 0 radical (unpaired) electrons. The zero-order valence-electron chi connectivity index (χ0n) is 10.8. The summed E-state index contributed by atoms with van der Waals surface area (Å²) in [5.74, 6) is 1.53. The molecule has 1 aromatic carbocycles. The number of methoxy groups -OCH3 is 1. The standard InChI is InChI=1S/C15H16N2O2/c1-18-15-12(5-3-7-17-15)11-4-2-6-14-13(11)8-10(16)9-19-14/h2-7,10H,8-9,16H2,1H3/t10-/m0/s1. The molecule has 2 heterocycles. The van der Waals surface area contributed by atoms with Gasteiger partial charge in [-0.3, -0.25) is 0 Å². The molecule has 2 N–H and O–H groups in total. The van der Waals surface area contributed by atoms with Crippen LogP contribution in [0.25, 0.3) is 11.1 Å². The fourth-order valence-corrected chi connectivity index (χ4v) is 2.44. The Morgan fingerprint density at radius 3 is 2.95 bits per heavy atom. The minimum absolute atomic E-state index is 0.0383. The minimum atomic E-state index is 0.0383. The number of nitrogens with two attached hydrogens (primary N) is 1. The third kappa shape index (κ3) is 2.15. The number of aromatic nitrogens is 1. The Morgan fingerprint density at radius 1 is 1.26 bits per heavy atom. The summed E-state index contributed by atoms with van der Waals surface area (Å²) < 4.78 is 11.0. The maximum Gasteiger partial charge on any atom is 0.221 e. The smallest absolute Gasteiger partial charge is 0.221 e. The lowest BCUT2D eigenvalue weighted by atomic mass is 9.93. The summed E-state index contributed by atoms with van der Waals surface area (Å²) in [6.07, 6.45) is 2.53. The van der Waals surface area contributed by atoms with E-state index in [-0.39, 0.29) is 6.04 Å². The topological polar surface area (TPSA) is 57.4 Å². The average Bonchev–Trinajstić information content (AvgIpc) is 2.46. The van der Waals surface area contributed by atoms with E-state index in [1.807, 2.05) is 24.3 Å². The largest absolute Gasteiger partial charge is 0.492 e. The molecule has 4 heteroatoms. The van der Waals surface area contributed by atoms with Crippen LogP contribution in [0.15, 0.2) is 36.5 Å². The third-order valence-corrected chi connectivity index (χ3v) is 3.31. The van der Waals surface area contributed by atoms with Crippen LogP contribution in [0.4, 0.5) is 0 Å².